The van der Waals surface area contributed by atoms with E-state index in [0.29, 0.717) is 13.2 Å². The highest BCUT2D eigenvalue weighted by atomic mass is 16.5. The Morgan fingerprint density at radius 2 is 1.91 bits per heavy atom. The van der Waals surface area contributed by atoms with E-state index in [0.717, 1.165) is 43.5 Å². The predicted octanol–water partition coefficient (Wildman–Crippen LogP) is 2.35. The summed E-state index contributed by atoms with van der Waals surface area (Å²) in [6.07, 6.45) is 2.34. The Hall–Kier alpha value is -1.59. The van der Waals surface area contributed by atoms with E-state index in [1.807, 2.05) is 31.2 Å². The summed E-state index contributed by atoms with van der Waals surface area (Å²) < 4.78 is 5.40. The summed E-state index contributed by atoms with van der Waals surface area (Å²) in [5, 5.41) is 6.37. The molecular weight excluding hydrogens is 290 g/mol. The van der Waals surface area contributed by atoms with Crippen LogP contribution >= 0.6 is 0 Å². The lowest BCUT2D eigenvalue weighted by molar-refractivity contribution is -0.117. The molecule has 23 heavy (non-hydrogen) atoms. The lowest BCUT2D eigenvalue weighted by Crippen LogP contribution is -2.41. The molecule has 128 valence electrons. The van der Waals surface area contributed by atoms with Gasteiger partial charge in [-0.05, 0) is 76.1 Å². The van der Waals surface area contributed by atoms with Crippen molar-refractivity contribution in [2.45, 2.75) is 26.7 Å². The molecule has 1 saturated heterocycles. The first kappa shape index (κ1) is 17.8. The fraction of sp³-hybridized carbons (Fsp3) is 0.611. The van der Waals surface area contributed by atoms with Gasteiger partial charge in [0.15, 0.2) is 0 Å². The number of anilines is 1. The van der Waals surface area contributed by atoms with Crippen molar-refractivity contribution in [2.75, 3.05) is 44.6 Å². The van der Waals surface area contributed by atoms with Crippen LogP contribution in [0.25, 0.3) is 0 Å². The predicted molar refractivity (Wildman–Crippen MR) is 93.9 cm³/mol. The van der Waals surface area contributed by atoms with Crippen molar-refractivity contribution in [3.05, 3.63) is 24.3 Å². The van der Waals surface area contributed by atoms with Crippen LogP contribution in [-0.2, 0) is 4.79 Å². The molecular formula is C18H29N3O2. The number of ether oxygens (including phenoxy) is 1. The summed E-state index contributed by atoms with van der Waals surface area (Å²) in [4.78, 5) is 14.4. The van der Waals surface area contributed by atoms with Gasteiger partial charge in [-0.2, -0.15) is 0 Å². The van der Waals surface area contributed by atoms with Crippen molar-refractivity contribution in [3.63, 3.8) is 0 Å². The largest absolute Gasteiger partial charge is 0.494 e. The Bertz CT molecular complexity index is 468. The summed E-state index contributed by atoms with van der Waals surface area (Å²) in [5.41, 5.74) is 0.820. The molecule has 2 rings (SSSR count). The molecule has 5 nitrogen and oxygen atoms in total. The number of nitrogens with one attached hydrogen (secondary N) is 2. The van der Waals surface area contributed by atoms with Crippen LogP contribution in [0, 0.1) is 5.92 Å². The number of likely N-dealkylation sites (tertiary alicyclic amines) is 1. The number of hydrogen-bond donors (Lipinski definition) is 2. The zero-order valence-corrected chi connectivity index (χ0v) is 14.3. The van der Waals surface area contributed by atoms with Gasteiger partial charge in [-0.1, -0.05) is 6.92 Å². The van der Waals surface area contributed by atoms with Gasteiger partial charge in [-0.3, -0.25) is 9.69 Å². The lowest BCUT2D eigenvalue weighted by atomic mass is 9.97. The second-order valence-electron chi connectivity index (χ2n) is 6.03. The van der Waals surface area contributed by atoms with Gasteiger partial charge in [0, 0.05) is 5.69 Å². The number of hydrogen-bond acceptors (Lipinski definition) is 4. The van der Waals surface area contributed by atoms with Crippen LogP contribution in [0.3, 0.4) is 0 Å². The van der Waals surface area contributed by atoms with Crippen molar-refractivity contribution in [1.29, 1.82) is 0 Å². The minimum Gasteiger partial charge on any atom is -0.494 e. The fourth-order valence-electron chi connectivity index (χ4n) is 2.90. The van der Waals surface area contributed by atoms with Gasteiger partial charge in [0.1, 0.15) is 5.75 Å². The van der Waals surface area contributed by atoms with E-state index < -0.39 is 0 Å². The number of nitrogens with zero attached hydrogens (tertiary/aromatic N) is 1. The highest BCUT2D eigenvalue weighted by molar-refractivity contribution is 5.92. The van der Waals surface area contributed by atoms with Crippen LogP contribution in [0.5, 0.6) is 5.75 Å². The smallest absolute Gasteiger partial charge is 0.238 e. The van der Waals surface area contributed by atoms with E-state index in [9.17, 15) is 4.79 Å². The number of carbonyl (C=O) groups is 1. The zero-order chi connectivity index (χ0) is 16.5. The average Bonchev–Trinajstić information content (AvgIpc) is 2.56. The van der Waals surface area contributed by atoms with E-state index in [2.05, 4.69) is 22.5 Å². The third kappa shape index (κ3) is 6.20. The molecule has 1 heterocycles. The monoisotopic (exact) mass is 319 g/mol. The fourth-order valence-corrected chi connectivity index (χ4v) is 2.90. The summed E-state index contributed by atoms with van der Waals surface area (Å²) in [6, 6.07) is 7.52. The minimum absolute atomic E-state index is 0.0549. The van der Waals surface area contributed by atoms with Gasteiger partial charge in [0.2, 0.25) is 5.91 Å². The Morgan fingerprint density at radius 3 is 2.52 bits per heavy atom. The van der Waals surface area contributed by atoms with E-state index in [1.165, 1.54) is 12.8 Å². The van der Waals surface area contributed by atoms with Crippen molar-refractivity contribution in [2.24, 2.45) is 5.92 Å². The molecule has 1 fully saturated rings. The molecule has 0 atom stereocenters. The summed E-state index contributed by atoms with van der Waals surface area (Å²) in [7, 11) is 0. The molecule has 1 aromatic carbocycles. The van der Waals surface area contributed by atoms with Gasteiger partial charge in [0.05, 0.1) is 13.2 Å². The first-order valence-corrected chi connectivity index (χ1v) is 8.67. The van der Waals surface area contributed by atoms with Crippen LogP contribution in [0.15, 0.2) is 24.3 Å². The standard InChI is InChI=1S/C18H29N3O2/c1-3-19-13-15-9-11-21(12-10-15)14-18(22)20-16-5-7-17(8-6-16)23-4-2/h5-8,15,19H,3-4,9-14H2,1-2H3,(H,20,22). The summed E-state index contributed by atoms with van der Waals surface area (Å²) in [5.74, 6) is 1.63. The second-order valence-corrected chi connectivity index (χ2v) is 6.03. The van der Waals surface area contributed by atoms with E-state index in [-0.39, 0.29) is 5.91 Å². The number of carbonyl (C=O) groups excluding carboxylic acids is 1. The molecule has 0 spiro atoms. The van der Waals surface area contributed by atoms with Gasteiger partial charge >= 0.3 is 0 Å². The van der Waals surface area contributed by atoms with Crippen molar-refractivity contribution < 1.29 is 9.53 Å². The maximum atomic E-state index is 12.1. The van der Waals surface area contributed by atoms with Gasteiger partial charge in [-0.25, -0.2) is 0 Å². The topological polar surface area (TPSA) is 53.6 Å². The first-order chi connectivity index (χ1) is 11.2. The molecule has 0 radical (unpaired) electrons. The highest BCUT2D eigenvalue weighted by Crippen LogP contribution is 2.17. The second kappa shape index (κ2) is 9.53. The van der Waals surface area contributed by atoms with Crippen LogP contribution in [0.1, 0.15) is 26.7 Å². The minimum atomic E-state index is 0.0549. The van der Waals surface area contributed by atoms with Crippen molar-refractivity contribution >= 4 is 11.6 Å². The zero-order valence-electron chi connectivity index (χ0n) is 14.3. The molecule has 0 bridgehead atoms. The summed E-state index contributed by atoms with van der Waals surface area (Å²) in [6.45, 7) is 9.36. The Labute approximate surface area is 139 Å². The molecule has 5 heteroatoms. The molecule has 1 aliphatic heterocycles. The van der Waals surface area contributed by atoms with Gasteiger partial charge < -0.3 is 15.4 Å². The van der Waals surface area contributed by atoms with Crippen LogP contribution < -0.4 is 15.4 Å². The number of amides is 1. The SMILES string of the molecule is CCNCC1CCN(CC(=O)Nc2ccc(OCC)cc2)CC1. The van der Waals surface area contributed by atoms with Crippen LogP contribution in [0.4, 0.5) is 5.69 Å². The molecule has 1 aromatic rings. The van der Waals surface area contributed by atoms with Crippen molar-refractivity contribution in [1.82, 2.24) is 10.2 Å². The summed E-state index contributed by atoms with van der Waals surface area (Å²) >= 11 is 0. The quantitative estimate of drug-likeness (QED) is 0.772. The number of rotatable bonds is 8. The third-order valence-electron chi connectivity index (χ3n) is 4.21. The average molecular weight is 319 g/mol. The Balaban J connectivity index is 1.71. The van der Waals surface area contributed by atoms with Crippen LogP contribution in [-0.4, -0.2) is 50.1 Å². The third-order valence-corrected chi connectivity index (χ3v) is 4.21. The van der Waals surface area contributed by atoms with Crippen LogP contribution in [0.2, 0.25) is 0 Å². The van der Waals surface area contributed by atoms with E-state index in [1.54, 1.807) is 0 Å². The Kier molecular flexibility index (Phi) is 7.36. The Morgan fingerprint density at radius 1 is 1.22 bits per heavy atom. The molecule has 1 aliphatic rings. The number of benzene rings is 1. The van der Waals surface area contributed by atoms with Crippen molar-refractivity contribution in [3.8, 4) is 5.75 Å². The maximum Gasteiger partial charge on any atom is 0.238 e. The molecule has 0 aromatic heterocycles. The lowest BCUT2D eigenvalue weighted by Gasteiger charge is -2.31. The highest BCUT2D eigenvalue weighted by Gasteiger charge is 2.20. The van der Waals surface area contributed by atoms with Gasteiger partial charge in [0.25, 0.3) is 0 Å². The molecule has 2 N–H and O–H groups in total. The molecule has 0 saturated carbocycles. The first-order valence-electron chi connectivity index (χ1n) is 8.67. The molecule has 0 aliphatic carbocycles. The molecule has 0 unspecified atom stereocenters. The normalized spacial score (nSPS) is 16.3. The maximum absolute atomic E-state index is 12.1. The molecule has 1 amide bonds. The number of piperidine rings is 1. The van der Waals surface area contributed by atoms with E-state index in [4.69, 9.17) is 4.74 Å². The van der Waals surface area contributed by atoms with E-state index >= 15 is 0 Å². The van der Waals surface area contributed by atoms with Gasteiger partial charge in [-0.15, -0.1) is 0 Å².